The molecule has 0 fully saturated rings. The third-order valence-electron chi connectivity index (χ3n) is 2.20. The summed E-state index contributed by atoms with van der Waals surface area (Å²) in [6.45, 7) is 2.97. The summed E-state index contributed by atoms with van der Waals surface area (Å²) in [5.74, 6) is -0.175. The fourth-order valence-corrected chi connectivity index (χ4v) is 2.24. The largest absolute Gasteiger partial charge is 0.465 e. The average Bonchev–Trinajstić information content (AvgIpc) is 2.64. The molecule has 5 heteroatoms. The van der Waals surface area contributed by atoms with Crippen molar-refractivity contribution in [3.63, 3.8) is 0 Å². The van der Waals surface area contributed by atoms with Gasteiger partial charge in [-0.1, -0.05) is 0 Å². The van der Waals surface area contributed by atoms with Crippen LogP contribution in [0.25, 0.3) is 0 Å². The molecule has 0 saturated heterocycles. The number of esters is 1. The lowest BCUT2D eigenvalue weighted by Crippen LogP contribution is -2.42. The molecule has 4 nitrogen and oxygen atoms in total. The van der Waals surface area contributed by atoms with Gasteiger partial charge in [-0.3, -0.25) is 10.1 Å². The van der Waals surface area contributed by atoms with Crippen LogP contribution in [0.1, 0.15) is 17.5 Å². The van der Waals surface area contributed by atoms with Gasteiger partial charge in [0.1, 0.15) is 6.04 Å². The van der Waals surface area contributed by atoms with Gasteiger partial charge in [-0.05, 0) is 6.92 Å². The van der Waals surface area contributed by atoms with E-state index in [0.29, 0.717) is 13.0 Å². The average molecular weight is 212 g/mol. The van der Waals surface area contributed by atoms with Gasteiger partial charge in [0, 0.05) is 17.8 Å². The van der Waals surface area contributed by atoms with E-state index in [1.54, 1.807) is 11.3 Å². The summed E-state index contributed by atoms with van der Waals surface area (Å²) >= 11 is 1.63. The summed E-state index contributed by atoms with van der Waals surface area (Å²) in [7, 11) is 0. The minimum atomic E-state index is -0.218. The molecule has 1 unspecified atom stereocenters. The molecule has 0 saturated carbocycles. The van der Waals surface area contributed by atoms with E-state index in [-0.39, 0.29) is 12.0 Å². The van der Waals surface area contributed by atoms with E-state index in [9.17, 15) is 4.79 Å². The minimum absolute atomic E-state index is 0.175. The Morgan fingerprint density at radius 2 is 2.71 bits per heavy atom. The van der Waals surface area contributed by atoms with Gasteiger partial charge in [0.25, 0.3) is 0 Å². The lowest BCUT2D eigenvalue weighted by molar-refractivity contribution is -0.145. The highest BCUT2D eigenvalue weighted by Gasteiger charge is 2.26. The first kappa shape index (κ1) is 9.61. The second-order valence-corrected chi connectivity index (χ2v) is 4.05. The molecular weight excluding hydrogens is 200 g/mol. The Bertz CT molecular complexity index is 337. The summed E-state index contributed by atoms with van der Waals surface area (Å²) in [5.41, 5.74) is 2.85. The van der Waals surface area contributed by atoms with E-state index in [1.807, 2.05) is 12.4 Å². The Morgan fingerprint density at radius 3 is 3.50 bits per heavy atom. The summed E-state index contributed by atoms with van der Waals surface area (Å²) in [5, 5.41) is 3.14. The maximum atomic E-state index is 11.4. The maximum absolute atomic E-state index is 11.4. The fraction of sp³-hybridized carbons (Fsp3) is 0.556. The number of thiazole rings is 1. The van der Waals surface area contributed by atoms with Gasteiger partial charge in [-0.25, -0.2) is 4.98 Å². The van der Waals surface area contributed by atoms with Crippen LogP contribution < -0.4 is 5.32 Å². The van der Waals surface area contributed by atoms with Crippen LogP contribution in [0.4, 0.5) is 0 Å². The predicted molar refractivity (Wildman–Crippen MR) is 53.1 cm³/mol. The number of aromatic nitrogens is 1. The fourth-order valence-electron chi connectivity index (χ4n) is 1.49. The molecular formula is C9H12N2O2S. The topological polar surface area (TPSA) is 51.2 Å². The van der Waals surface area contributed by atoms with E-state index >= 15 is 0 Å². The molecule has 0 spiro atoms. The van der Waals surface area contributed by atoms with E-state index in [4.69, 9.17) is 4.74 Å². The van der Waals surface area contributed by atoms with Gasteiger partial charge in [-0.15, -0.1) is 11.3 Å². The highest BCUT2D eigenvalue weighted by atomic mass is 32.1. The summed E-state index contributed by atoms with van der Waals surface area (Å²) in [4.78, 5) is 16.9. The standard InChI is InChI=1S/C9H12N2O2S/c1-2-13-9(12)7-3-6-8(4-10-7)14-5-11-6/h5,7,10H,2-4H2,1H3. The van der Waals surface area contributed by atoms with Crippen LogP contribution in [0.15, 0.2) is 5.51 Å². The number of nitrogens with zero attached hydrogens (tertiary/aromatic N) is 1. The van der Waals surface area contributed by atoms with Crippen LogP contribution in [0.3, 0.4) is 0 Å². The molecule has 0 aromatic carbocycles. The summed E-state index contributed by atoms with van der Waals surface area (Å²) in [6.07, 6.45) is 0.650. The van der Waals surface area contributed by atoms with E-state index in [1.165, 1.54) is 4.88 Å². The molecule has 1 aliphatic heterocycles. The van der Waals surface area contributed by atoms with Crippen LogP contribution in [0, 0.1) is 0 Å². The van der Waals surface area contributed by atoms with Crippen molar-refractivity contribution in [2.45, 2.75) is 25.9 Å². The molecule has 2 rings (SSSR count). The normalized spacial score (nSPS) is 20.2. The SMILES string of the molecule is CCOC(=O)C1Cc2ncsc2CN1. The van der Waals surface area contributed by atoms with Crippen molar-refractivity contribution in [3.8, 4) is 0 Å². The van der Waals surface area contributed by atoms with Crippen molar-refractivity contribution in [1.29, 1.82) is 0 Å². The monoisotopic (exact) mass is 212 g/mol. The Labute approximate surface area is 86.3 Å². The molecule has 1 aromatic heterocycles. The number of carbonyl (C=O) groups excluding carboxylic acids is 1. The van der Waals surface area contributed by atoms with Gasteiger partial charge in [0.2, 0.25) is 0 Å². The Kier molecular flexibility index (Phi) is 2.79. The van der Waals surface area contributed by atoms with E-state index in [0.717, 1.165) is 12.2 Å². The molecule has 0 bridgehead atoms. The zero-order chi connectivity index (χ0) is 9.97. The number of nitrogens with one attached hydrogen (secondary N) is 1. The molecule has 1 atom stereocenters. The minimum Gasteiger partial charge on any atom is -0.465 e. The van der Waals surface area contributed by atoms with Gasteiger partial charge in [-0.2, -0.15) is 0 Å². The van der Waals surface area contributed by atoms with Crippen LogP contribution in [-0.2, 0) is 22.5 Å². The number of carbonyl (C=O) groups is 1. The molecule has 0 aliphatic carbocycles. The maximum Gasteiger partial charge on any atom is 0.323 e. The molecule has 0 radical (unpaired) electrons. The summed E-state index contributed by atoms with van der Waals surface area (Å²) < 4.78 is 4.95. The number of ether oxygens (including phenoxy) is 1. The Balaban J connectivity index is 2.04. The van der Waals surface area contributed by atoms with Crippen molar-refractivity contribution in [1.82, 2.24) is 10.3 Å². The molecule has 1 aliphatic rings. The van der Waals surface area contributed by atoms with Crippen LogP contribution >= 0.6 is 11.3 Å². The van der Waals surface area contributed by atoms with Gasteiger partial charge in [0.05, 0.1) is 17.8 Å². The molecule has 14 heavy (non-hydrogen) atoms. The Morgan fingerprint density at radius 1 is 1.86 bits per heavy atom. The second kappa shape index (κ2) is 4.06. The summed E-state index contributed by atoms with van der Waals surface area (Å²) in [6, 6.07) is -0.218. The number of hydrogen-bond acceptors (Lipinski definition) is 5. The molecule has 0 amide bonds. The van der Waals surface area contributed by atoms with Crippen LogP contribution in [-0.4, -0.2) is 23.6 Å². The lowest BCUT2D eigenvalue weighted by atomic mass is 10.1. The molecule has 76 valence electrons. The Hall–Kier alpha value is -0.940. The highest BCUT2D eigenvalue weighted by molar-refractivity contribution is 7.09. The van der Waals surface area contributed by atoms with Crippen molar-refractivity contribution in [2.75, 3.05) is 6.61 Å². The highest BCUT2D eigenvalue weighted by Crippen LogP contribution is 2.19. The predicted octanol–water partition coefficient (Wildman–Crippen LogP) is 0.720. The third-order valence-corrected chi connectivity index (χ3v) is 3.08. The van der Waals surface area contributed by atoms with Gasteiger partial charge in [0.15, 0.2) is 0 Å². The smallest absolute Gasteiger partial charge is 0.323 e. The van der Waals surface area contributed by atoms with Crippen LogP contribution in [0.2, 0.25) is 0 Å². The molecule has 2 heterocycles. The lowest BCUT2D eigenvalue weighted by Gasteiger charge is -2.20. The molecule has 1 aromatic rings. The van der Waals surface area contributed by atoms with Crippen molar-refractivity contribution in [3.05, 3.63) is 16.1 Å². The van der Waals surface area contributed by atoms with E-state index < -0.39 is 0 Å². The number of rotatable bonds is 2. The van der Waals surface area contributed by atoms with Gasteiger partial charge < -0.3 is 4.74 Å². The first-order valence-electron chi connectivity index (χ1n) is 4.62. The van der Waals surface area contributed by atoms with Gasteiger partial charge >= 0.3 is 5.97 Å². The number of fused-ring (bicyclic) bond motifs is 1. The molecule has 1 N–H and O–H groups in total. The zero-order valence-corrected chi connectivity index (χ0v) is 8.76. The first-order chi connectivity index (χ1) is 6.81. The van der Waals surface area contributed by atoms with E-state index in [2.05, 4.69) is 10.3 Å². The second-order valence-electron chi connectivity index (χ2n) is 3.11. The third kappa shape index (κ3) is 1.78. The van der Waals surface area contributed by atoms with Crippen molar-refractivity contribution < 1.29 is 9.53 Å². The van der Waals surface area contributed by atoms with Crippen molar-refractivity contribution >= 4 is 17.3 Å². The quantitative estimate of drug-likeness (QED) is 0.734. The van der Waals surface area contributed by atoms with Crippen molar-refractivity contribution in [2.24, 2.45) is 0 Å². The number of hydrogen-bond donors (Lipinski definition) is 1. The van der Waals surface area contributed by atoms with Crippen LogP contribution in [0.5, 0.6) is 0 Å². The first-order valence-corrected chi connectivity index (χ1v) is 5.50. The zero-order valence-electron chi connectivity index (χ0n) is 7.95.